The number of amides is 4. The average molecular weight is 958 g/mol. The van der Waals surface area contributed by atoms with Crippen molar-refractivity contribution in [2.24, 2.45) is 0 Å². The van der Waals surface area contributed by atoms with Crippen molar-refractivity contribution in [3.63, 3.8) is 0 Å². The van der Waals surface area contributed by atoms with Crippen molar-refractivity contribution in [1.29, 1.82) is 0 Å². The molecule has 0 bridgehead atoms. The summed E-state index contributed by atoms with van der Waals surface area (Å²) >= 11 is 6.53. The number of aromatic nitrogens is 2. The van der Waals surface area contributed by atoms with Gasteiger partial charge in [-0.05, 0) is 106 Å². The minimum absolute atomic E-state index is 0.187. The number of imide groups is 1. The van der Waals surface area contributed by atoms with Crippen LogP contribution in [0.1, 0.15) is 79.8 Å². The zero-order chi connectivity index (χ0) is 47.8. The first-order valence-corrected chi connectivity index (χ1v) is 26.4. The van der Waals surface area contributed by atoms with Crippen LogP contribution in [0.5, 0.6) is 0 Å². The second-order valence-corrected chi connectivity index (χ2v) is 21.6. The Morgan fingerprint density at radius 1 is 0.912 bits per heavy atom. The topological polar surface area (TPSA) is 172 Å². The number of unbranched alkanes of at least 4 members (excludes halogenated alkanes) is 2. The number of carbonyl (C=O) groups excluding carboxylic acids is 4. The van der Waals surface area contributed by atoms with Gasteiger partial charge in [0, 0.05) is 93.2 Å². The van der Waals surface area contributed by atoms with Gasteiger partial charge in [0.25, 0.3) is 11.8 Å². The minimum atomic E-state index is -2.59. The number of halogens is 1. The molecular formula is C51H58ClN10O5P. The van der Waals surface area contributed by atoms with Crippen molar-refractivity contribution in [3.05, 3.63) is 88.6 Å². The van der Waals surface area contributed by atoms with E-state index < -0.39 is 19.1 Å². The van der Waals surface area contributed by atoms with Crippen molar-refractivity contribution in [2.75, 3.05) is 80.0 Å². The molecule has 0 aliphatic carbocycles. The van der Waals surface area contributed by atoms with Crippen molar-refractivity contribution in [3.8, 4) is 23.7 Å². The predicted molar refractivity (Wildman–Crippen MR) is 269 cm³/mol. The molecule has 4 amide bonds. The Kier molecular flexibility index (Phi) is 15.5. The van der Waals surface area contributed by atoms with Crippen LogP contribution in [0, 0.1) is 23.7 Å². The summed E-state index contributed by atoms with van der Waals surface area (Å²) in [4.78, 5) is 68.5. The Morgan fingerprint density at radius 3 is 2.47 bits per heavy atom. The van der Waals surface area contributed by atoms with Crippen LogP contribution in [0.2, 0.25) is 5.02 Å². The normalized spacial score (nSPS) is 17.9. The van der Waals surface area contributed by atoms with E-state index in [4.69, 9.17) is 11.6 Å². The van der Waals surface area contributed by atoms with Crippen LogP contribution in [-0.2, 0) is 25.5 Å². The number of piperidine rings is 2. The second kappa shape index (κ2) is 21.8. The van der Waals surface area contributed by atoms with Crippen LogP contribution in [0.4, 0.5) is 34.5 Å². The molecule has 8 rings (SSSR count). The van der Waals surface area contributed by atoms with Gasteiger partial charge in [0.1, 0.15) is 18.2 Å². The zero-order valence-electron chi connectivity index (χ0n) is 38.9. The zero-order valence-corrected chi connectivity index (χ0v) is 40.5. The van der Waals surface area contributed by atoms with E-state index in [-0.39, 0.29) is 24.1 Å². The molecule has 1 aromatic heterocycles. The van der Waals surface area contributed by atoms with Crippen molar-refractivity contribution < 1.29 is 23.7 Å². The van der Waals surface area contributed by atoms with Gasteiger partial charge in [-0.15, -0.1) is 0 Å². The number of hydrogen-bond acceptors (Lipinski definition) is 12. The molecule has 68 heavy (non-hydrogen) atoms. The van der Waals surface area contributed by atoms with Crippen molar-refractivity contribution in [1.82, 2.24) is 30.0 Å². The summed E-state index contributed by atoms with van der Waals surface area (Å²) in [6.45, 7) is 12.5. The van der Waals surface area contributed by atoms with E-state index in [1.807, 2.05) is 61.5 Å². The fraction of sp³-hybridized carbons (Fsp3) is 0.412. The molecule has 15 nitrogen and oxygen atoms in total. The van der Waals surface area contributed by atoms with E-state index in [1.54, 1.807) is 24.3 Å². The maximum atomic E-state index is 13.2. The molecule has 1 atom stereocenters. The SMILES string of the molecule is CCCC#CC(=O)Nc1cc(Nc2ncc(Cl)c(Nc3ccccc3P(C)(C)=O)n2)ccc1N1CCC(N2CCN(CCCC#Cc3cccc4c3CN(C3CCC(=O)NC3=O)C4=O)CC2)CC1. The maximum Gasteiger partial charge on any atom is 0.300 e. The maximum absolute atomic E-state index is 13.2. The molecule has 4 aliphatic rings. The lowest BCUT2D eigenvalue weighted by atomic mass is 10.0. The third-order valence-electron chi connectivity index (χ3n) is 12.9. The molecule has 4 aromatic rings. The van der Waals surface area contributed by atoms with Gasteiger partial charge in [0.05, 0.1) is 23.3 Å². The number of piperazine rings is 1. The lowest BCUT2D eigenvalue weighted by Gasteiger charge is -2.43. The Balaban J connectivity index is 0.834. The number of rotatable bonds is 13. The van der Waals surface area contributed by atoms with Gasteiger partial charge in [-0.2, -0.15) is 4.98 Å². The Morgan fingerprint density at radius 2 is 1.71 bits per heavy atom. The summed E-state index contributed by atoms with van der Waals surface area (Å²) in [6.07, 6.45) is 7.26. The molecule has 4 aliphatic heterocycles. The number of nitrogens with one attached hydrogen (secondary N) is 4. The highest BCUT2D eigenvalue weighted by Crippen LogP contribution is 2.39. The summed E-state index contributed by atoms with van der Waals surface area (Å²) in [5, 5.41) is 12.9. The van der Waals surface area contributed by atoms with E-state index in [9.17, 15) is 23.7 Å². The minimum Gasteiger partial charge on any atom is -0.370 e. The standard InChI is InChI=1S/C51H58ClN10O5P/c1-4-5-7-18-46(63)55-42-32-36(54-51-53-33-40(52)48(58-51)56-41-16-9-10-17-45(41)68(2,3)67)19-20-43(42)61-26-23-37(24-27-61)60-30-28-59(29-31-60)25-11-6-8-13-35-14-12-15-38-39(35)34-62(50(38)66)44-21-22-47(64)57-49(44)65/h9-10,12,14-17,19-20,32-33,37,44H,4-6,11,21-31,34H2,1-3H3,(H,55,63)(H,57,64,65)(H2,53,54,56,58). The number of nitrogens with zero attached hydrogens (tertiary/aromatic N) is 6. The number of fused-ring (bicyclic) bond motifs is 1. The van der Waals surface area contributed by atoms with E-state index in [0.29, 0.717) is 70.1 Å². The smallest absolute Gasteiger partial charge is 0.300 e. The molecule has 3 aromatic carbocycles. The van der Waals surface area contributed by atoms with Crippen LogP contribution < -0.4 is 31.5 Å². The first-order chi connectivity index (χ1) is 32.8. The highest BCUT2D eigenvalue weighted by Gasteiger charge is 2.40. The molecule has 0 spiro atoms. The second-order valence-electron chi connectivity index (χ2n) is 18.0. The molecule has 3 fully saturated rings. The summed E-state index contributed by atoms with van der Waals surface area (Å²) in [5.41, 5.74) is 5.14. The molecule has 1 unspecified atom stereocenters. The van der Waals surface area contributed by atoms with Crippen LogP contribution >= 0.6 is 18.7 Å². The molecule has 0 saturated carbocycles. The van der Waals surface area contributed by atoms with Crippen LogP contribution in [0.25, 0.3) is 0 Å². The first-order valence-electron chi connectivity index (χ1n) is 23.5. The molecule has 354 valence electrons. The van der Waals surface area contributed by atoms with Gasteiger partial charge in [-0.1, -0.05) is 54.5 Å². The average Bonchev–Trinajstić information content (AvgIpc) is 3.66. The van der Waals surface area contributed by atoms with Gasteiger partial charge in [-0.25, -0.2) is 4.98 Å². The highest BCUT2D eigenvalue weighted by atomic mass is 35.5. The van der Waals surface area contributed by atoms with Gasteiger partial charge >= 0.3 is 0 Å². The van der Waals surface area contributed by atoms with Crippen LogP contribution in [0.3, 0.4) is 0 Å². The Labute approximate surface area is 403 Å². The van der Waals surface area contributed by atoms with Gasteiger partial charge in [-0.3, -0.25) is 29.4 Å². The molecule has 5 heterocycles. The summed E-state index contributed by atoms with van der Waals surface area (Å²) in [7, 11) is -2.59. The van der Waals surface area contributed by atoms with Gasteiger partial charge in [0.15, 0.2) is 5.82 Å². The summed E-state index contributed by atoms with van der Waals surface area (Å²) in [5.74, 6) is 11.7. The Bertz CT molecular complexity index is 2740. The first kappa shape index (κ1) is 48.2. The molecule has 0 radical (unpaired) electrons. The van der Waals surface area contributed by atoms with E-state index >= 15 is 0 Å². The lowest BCUT2D eigenvalue weighted by Crippen LogP contribution is -2.53. The number of carbonyl (C=O) groups is 4. The quantitative estimate of drug-likeness (QED) is 0.0480. The van der Waals surface area contributed by atoms with E-state index in [1.165, 1.54) is 6.20 Å². The lowest BCUT2D eigenvalue weighted by molar-refractivity contribution is -0.137. The van der Waals surface area contributed by atoms with E-state index in [0.717, 1.165) is 94.7 Å². The third-order valence-corrected chi connectivity index (χ3v) is 14.7. The number of benzene rings is 3. The van der Waals surface area contributed by atoms with Crippen molar-refractivity contribution >= 4 is 82.2 Å². The fourth-order valence-electron chi connectivity index (χ4n) is 9.31. The monoisotopic (exact) mass is 956 g/mol. The van der Waals surface area contributed by atoms with Gasteiger partial charge < -0.3 is 35.2 Å². The van der Waals surface area contributed by atoms with Crippen molar-refractivity contribution in [2.45, 2.75) is 76.9 Å². The molecule has 3 saturated heterocycles. The Hall–Kier alpha value is -6.22. The third kappa shape index (κ3) is 11.7. The number of anilines is 6. The fourth-order valence-corrected chi connectivity index (χ4v) is 10.6. The summed E-state index contributed by atoms with van der Waals surface area (Å²) < 4.78 is 13.0. The predicted octanol–water partition coefficient (Wildman–Crippen LogP) is 6.79. The molecular weight excluding hydrogens is 899 g/mol. The number of hydrogen-bond donors (Lipinski definition) is 4. The summed E-state index contributed by atoms with van der Waals surface area (Å²) in [6, 6.07) is 18.6. The molecule has 4 N–H and O–H groups in total. The highest BCUT2D eigenvalue weighted by molar-refractivity contribution is 7.70. The van der Waals surface area contributed by atoms with Crippen LogP contribution in [-0.4, -0.2) is 120 Å². The molecule has 17 heteroatoms. The van der Waals surface area contributed by atoms with Crippen LogP contribution in [0.15, 0.2) is 66.9 Å². The van der Waals surface area contributed by atoms with Gasteiger partial charge in [0.2, 0.25) is 17.8 Å². The van der Waals surface area contributed by atoms with E-state index in [2.05, 4.69) is 69.6 Å². The number of para-hydroxylation sites is 1. The largest absolute Gasteiger partial charge is 0.370 e.